The van der Waals surface area contributed by atoms with Crippen molar-refractivity contribution >= 4 is 5.91 Å². The summed E-state index contributed by atoms with van der Waals surface area (Å²) in [5, 5.41) is 9.67. The Morgan fingerprint density at radius 1 is 1.42 bits per heavy atom. The molecule has 19 heavy (non-hydrogen) atoms. The molecule has 1 N–H and O–H groups in total. The Labute approximate surface area is 114 Å². The molecule has 4 heteroatoms. The Hall–Kier alpha value is -1.55. The minimum atomic E-state index is -0.273. The zero-order valence-electron chi connectivity index (χ0n) is 11.5. The van der Waals surface area contributed by atoms with Gasteiger partial charge in [0.15, 0.2) is 0 Å². The van der Waals surface area contributed by atoms with E-state index in [0.717, 1.165) is 11.3 Å². The van der Waals surface area contributed by atoms with Crippen molar-refractivity contribution in [1.29, 1.82) is 0 Å². The number of methoxy groups -OCH3 is 1. The first-order valence-electron chi connectivity index (χ1n) is 6.69. The van der Waals surface area contributed by atoms with Gasteiger partial charge >= 0.3 is 0 Å². The maximum atomic E-state index is 12.2. The quantitative estimate of drug-likeness (QED) is 0.898. The van der Waals surface area contributed by atoms with E-state index in [-0.39, 0.29) is 17.9 Å². The van der Waals surface area contributed by atoms with Crippen LogP contribution in [0.5, 0.6) is 5.75 Å². The first-order chi connectivity index (χ1) is 9.10. The lowest BCUT2D eigenvalue weighted by Gasteiger charge is -2.34. The lowest BCUT2D eigenvalue weighted by atomic mass is 9.96. The highest BCUT2D eigenvalue weighted by molar-refractivity contribution is 5.79. The lowest BCUT2D eigenvalue weighted by Crippen LogP contribution is -2.45. The van der Waals surface area contributed by atoms with E-state index < -0.39 is 0 Å². The van der Waals surface area contributed by atoms with Gasteiger partial charge in [-0.15, -0.1) is 0 Å². The number of rotatable bonds is 3. The Morgan fingerprint density at radius 3 is 2.68 bits per heavy atom. The molecule has 1 aliphatic heterocycles. The number of amides is 1. The minimum absolute atomic E-state index is 0.129. The number of benzene rings is 1. The fraction of sp³-hybridized carbons (Fsp3) is 0.533. The second-order valence-electron chi connectivity index (χ2n) is 5.20. The van der Waals surface area contributed by atoms with E-state index >= 15 is 0 Å². The fourth-order valence-corrected chi connectivity index (χ4v) is 2.39. The molecular weight excluding hydrogens is 242 g/mol. The summed E-state index contributed by atoms with van der Waals surface area (Å²) in [6, 6.07) is 7.56. The SMILES string of the molecule is COc1ccc(CC(=O)N2CCC(O)C(C)C2)cc1. The lowest BCUT2D eigenvalue weighted by molar-refractivity contribution is -0.133. The van der Waals surface area contributed by atoms with Crippen molar-refractivity contribution in [2.45, 2.75) is 25.9 Å². The number of aliphatic hydroxyl groups excluding tert-OH is 1. The molecule has 2 unspecified atom stereocenters. The van der Waals surface area contributed by atoms with Crippen LogP contribution in [0, 0.1) is 5.92 Å². The Kier molecular flexibility index (Phi) is 4.43. The molecule has 1 heterocycles. The number of nitrogens with zero attached hydrogens (tertiary/aromatic N) is 1. The van der Waals surface area contributed by atoms with Gasteiger partial charge in [-0.05, 0) is 30.0 Å². The molecule has 2 atom stereocenters. The number of likely N-dealkylation sites (tertiary alicyclic amines) is 1. The van der Waals surface area contributed by atoms with Gasteiger partial charge in [0.1, 0.15) is 5.75 Å². The molecule has 0 aromatic heterocycles. The van der Waals surface area contributed by atoms with Gasteiger partial charge in [0.2, 0.25) is 5.91 Å². The van der Waals surface area contributed by atoms with Gasteiger partial charge in [-0.3, -0.25) is 4.79 Å². The van der Waals surface area contributed by atoms with Gasteiger partial charge < -0.3 is 14.7 Å². The topological polar surface area (TPSA) is 49.8 Å². The first kappa shape index (κ1) is 13.9. The second-order valence-corrected chi connectivity index (χ2v) is 5.20. The highest BCUT2D eigenvalue weighted by atomic mass is 16.5. The third kappa shape index (κ3) is 3.47. The maximum absolute atomic E-state index is 12.2. The van der Waals surface area contributed by atoms with Gasteiger partial charge in [0, 0.05) is 13.1 Å². The summed E-state index contributed by atoms with van der Waals surface area (Å²) in [4.78, 5) is 14.0. The molecule has 1 amide bonds. The van der Waals surface area contributed by atoms with Crippen LogP contribution in [0.15, 0.2) is 24.3 Å². The van der Waals surface area contributed by atoms with Crippen molar-refractivity contribution in [2.24, 2.45) is 5.92 Å². The van der Waals surface area contributed by atoms with E-state index in [9.17, 15) is 9.90 Å². The number of carbonyl (C=O) groups excluding carboxylic acids is 1. The van der Waals surface area contributed by atoms with Crippen LogP contribution in [-0.2, 0) is 11.2 Å². The zero-order valence-corrected chi connectivity index (χ0v) is 11.5. The van der Waals surface area contributed by atoms with Crippen LogP contribution >= 0.6 is 0 Å². The second kappa shape index (κ2) is 6.06. The van der Waals surface area contributed by atoms with Crippen molar-refractivity contribution in [2.75, 3.05) is 20.2 Å². The van der Waals surface area contributed by atoms with Crippen LogP contribution in [0.2, 0.25) is 0 Å². The van der Waals surface area contributed by atoms with Crippen molar-refractivity contribution < 1.29 is 14.6 Å². The molecule has 1 aromatic carbocycles. The van der Waals surface area contributed by atoms with E-state index in [1.54, 1.807) is 7.11 Å². The molecule has 0 radical (unpaired) electrons. The van der Waals surface area contributed by atoms with Crippen LogP contribution in [0.3, 0.4) is 0 Å². The Morgan fingerprint density at radius 2 is 2.11 bits per heavy atom. The number of piperidine rings is 1. The standard InChI is InChI=1S/C15H21NO3/c1-11-10-16(8-7-14(11)17)15(18)9-12-3-5-13(19-2)6-4-12/h3-6,11,14,17H,7-10H2,1-2H3. The van der Waals surface area contributed by atoms with Gasteiger partial charge in [-0.2, -0.15) is 0 Å². The number of ether oxygens (including phenoxy) is 1. The normalized spacial score (nSPS) is 23.2. The van der Waals surface area contributed by atoms with E-state index in [4.69, 9.17) is 4.74 Å². The highest BCUT2D eigenvalue weighted by Crippen LogP contribution is 2.18. The summed E-state index contributed by atoms with van der Waals surface area (Å²) in [7, 11) is 1.63. The first-order valence-corrected chi connectivity index (χ1v) is 6.69. The van der Waals surface area contributed by atoms with E-state index in [1.807, 2.05) is 36.1 Å². The molecule has 104 valence electrons. The van der Waals surface area contributed by atoms with E-state index in [2.05, 4.69) is 0 Å². The predicted octanol–water partition coefficient (Wildman–Crippen LogP) is 1.47. The van der Waals surface area contributed by atoms with Crippen molar-refractivity contribution in [1.82, 2.24) is 4.90 Å². The van der Waals surface area contributed by atoms with Gasteiger partial charge in [-0.25, -0.2) is 0 Å². The average Bonchev–Trinajstić information content (AvgIpc) is 2.42. The molecule has 2 rings (SSSR count). The number of hydrogen-bond acceptors (Lipinski definition) is 3. The van der Waals surface area contributed by atoms with E-state index in [1.165, 1.54) is 0 Å². The predicted molar refractivity (Wildman–Crippen MR) is 73.1 cm³/mol. The summed E-state index contributed by atoms with van der Waals surface area (Å²) < 4.78 is 5.09. The molecule has 4 nitrogen and oxygen atoms in total. The molecule has 0 aliphatic carbocycles. The van der Waals surface area contributed by atoms with Crippen LogP contribution in [0.4, 0.5) is 0 Å². The summed E-state index contributed by atoms with van der Waals surface area (Å²) in [5.74, 6) is 1.09. The average molecular weight is 263 g/mol. The smallest absolute Gasteiger partial charge is 0.227 e. The number of aliphatic hydroxyl groups is 1. The highest BCUT2D eigenvalue weighted by Gasteiger charge is 2.26. The van der Waals surface area contributed by atoms with Crippen LogP contribution in [0.25, 0.3) is 0 Å². The fourth-order valence-electron chi connectivity index (χ4n) is 2.39. The zero-order chi connectivity index (χ0) is 13.8. The molecule has 1 aromatic rings. The van der Waals surface area contributed by atoms with Crippen molar-refractivity contribution in [3.05, 3.63) is 29.8 Å². The summed E-state index contributed by atoms with van der Waals surface area (Å²) in [6.07, 6.45) is 0.813. The molecule has 0 spiro atoms. The molecule has 0 saturated carbocycles. The van der Waals surface area contributed by atoms with Gasteiger partial charge in [0.05, 0.1) is 19.6 Å². The van der Waals surface area contributed by atoms with Crippen LogP contribution < -0.4 is 4.74 Å². The molecule has 1 fully saturated rings. The summed E-state index contributed by atoms with van der Waals surface area (Å²) in [6.45, 7) is 3.29. The summed E-state index contributed by atoms with van der Waals surface area (Å²) in [5.41, 5.74) is 0.990. The molecule has 1 saturated heterocycles. The van der Waals surface area contributed by atoms with Gasteiger partial charge in [-0.1, -0.05) is 19.1 Å². The number of carbonyl (C=O) groups is 1. The summed E-state index contributed by atoms with van der Waals surface area (Å²) >= 11 is 0. The molecule has 1 aliphatic rings. The third-order valence-corrected chi connectivity index (χ3v) is 3.73. The Bertz CT molecular complexity index is 430. The van der Waals surface area contributed by atoms with E-state index in [0.29, 0.717) is 25.9 Å². The van der Waals surface area contributed by atoms with Crippen molar-refractivity contribution in [3.63, 3.8) is 0 Å². The van der Waals surface area contributed by atoms with Gasteiger partial charge in [0.25, 0.3) is 0 Å². The van der Waals surface area contributed by atoms with Crippen LogP contribution in [-0.4, -0.2) is 42.2 Å². The van der Waals surface area contributed by atoms with Crippen LogP contribution in [0.1, 0.15) is 18.9 Å². The monoisotopic (exact) mass is 263 g/mol. The minimum Gasteiger partial charge on any atom is -0.497 e. The maximum Gasteiger partial charge on any atom is 0.227 e. The molecular formula is C15H21NO3. The largest absolute Gasteiger partial charge is 0.497 e. The van der Waals surface area contributed by atoms with Crippen molar-refractivity contribution in [3.8, 4) is 5.75 Å². The Balaban J connectivity index is 1.93. The third-order valence-electron chi connectivity index (χ3n) is 3.73. The molecule has 0 bridgehead atoms. The number of hydrogen-bond donors (Lipinski definition) is 1.